The zero-order valence-corrected chi connectivity index (χ0v) is 17.6. The van der Waals surface area contributed by atoms with E-state index in [2.05, 4.69) is 41.1 Å². The lowest BCUT2D eigenvalue weighted by Crippen LogP contribution is -2.13. The molecule has 0 spiro atoms. The van der Waals surface area contributed by atoms with Gasteiger partial charge in [-0.3, -0.25) is 0 Å². The molecule has 3 aromatic rings. The minimum atomic E-state index is -0.416. The molecule has 0 saturated carbocycles. The molecule has 0 aliphatic heterocycles. The standard InChI is InChI=1S/C24H24O4S/c1-17-13-23(22(26-2)14-21(17)28-15-24(25)27-3)29-16-18-9-11-20(12-10-18)19-7-5-4-6-8-19/h4-14H,15-16H2,1-3H3. The number of hydrogen-bond donors (Lipinski definition) is 0. The average molecular weight is 409 g/mol. The summed E-state index contributed by atoms with van der Waals surface area (Å²) in [6, 6.07) is 22.8. The predicted octanol–water partition coefficient (Wildman–Crippen LogP) is 5.51. The zero-order chi connectivity index (χ0) is 20.6. The maximum Gasteiger partial charge on any atom is 0.343 e. The monoisotopic (exact) mass is 408 g/mol. The largest absolute Gasteiger partial charge is 0.495 e. The summed E-state index contributed by atoms with van der Waals surface area (Å²) in [6.45, 7) is 1.82. The van der Waals surface area contributed by atoms with E-state index in [-0.39, 0.29) is 6.61 Å². The Balaban J connectivity index is 1.68. The van der Waals surface area contributed by atoms with Crippen LogP contribution in [-0.4, -0.2) is 26.8 Å². The number of thioether (sulfide) groups is 1. The lowest BCUT2D eigenvalue weighted by molar-refractivity contribution is -0.142. The van der Waals surface area contributed by atoms with Crippen molar-refractivity contribution in [3.63, 3.8) is 0 Å². The number of aryl methyl sites for hydroxylation is 1. The van der Waals surface area contributed by atoms with Gasteiger partial charge >= 0.3 is 5.97 Å². The Kier molecular flexibility index (Phi) is 7.19. The highest BCUT2D eigenvalue weighted by Gasteiger charge is 2.12. The van der Waals surface area contributed by atoms with E-state index in [1.165, 1.54) is 23.8 Å². The van der Waals surface area contributed by atoms with Gasteiger partial charge in [0.05, 0.1) is 19.1 Å². The van der Waals surface area contributed by atoms with E-state index in [0.717, 1.165) is 22.0 Å². The van der Waals surface area contributed by atoms with E-state index in [4.69, 9.17) is 9.47 Å². The molecule has 150 valence electrons. The summed E-state index contributed by atoms with van der Waals surface area (Å²) in [6.07, 6.45) is 0. The summed E-state index contributed by atoms with van der Waals surface area (Å²) in [4.78, 5) is 12.3. The van der Waals surface area contributed by atoms with Crippen molar-refractivity contribution in [1.82, 2.24) is 0 Å². The van der Waals surface area contributed by atoms with Crippen molar-refractivity contribution in [3.8, 4) is 22.6 Å². The van der Waals surface area contributed by atoms with E-state index in [1.807, 2.05) is 37.3 Å². The van der Waals surface area contributed by atoms with Gasteiger partial charge in [-0.05, 0) is 35.2 Å². The number of carbonyl (C=O) groups excluding carboxylic acids is 1. The van der Waals surface area contributed by atoms with Crippen LogP contribution in [0.25, 0.3) is 11.1 Å². The van der Waals surface area contributed by atoms with Gasteiger partial charge in [0.15, 0.2) is 6.61 Å². The molecule has 0 saturated heterocycles. The zero-order valence-electron chi connectivity index (χ0n) is 16.8. The summed E-state index contributed by atoms with van der Waals surface area (Å²) in [5.74, 6) is 1.75. The van der Waals surface area contributed by atoms with E-state index < -0.39 is 5.97 Å². The Bertz CT molecular complexity index is 953. The molecular weight excluding hydrogens is 384 g/mol. The van der Waals surface area contributed by atoms with Crippen LogP contribution in [0.5, 0.6) is 11.5 Å². The second kappa shape index (κ2) is 10.0. The first-order chi connectivity index (χ1) is 14.1. The summed E-state index contributed by atoms with van der Waals surface area (Å²) in [5.41, 5.74) is 4.60. The van der Waals surface area contributed by atoms with Crippen LogP contribution in [-0.2, 0) is 15.3 Å². The molecule has 4 nitrogen and oxygen atoms in total. The predicted molar refractivity (Wildman–Crippen MR) is 117 cm³/mol. The molecule has 0 fully saturated rings. The van der Waals surface area contributed by atoms with Gasteiger partial charge in [-0.25, -0.2) is 4.79 Å². The van der Waals surface area contributed by atoms with Crippen LogP contribution in [0.15, 0.2) is 71.6 Å². The number of carbonyl (C=O) groups is 1. The summed E-state index contributed by atoms with van der Waals surface area (Å²) in [7, 11) is 2.97. The van der Waals surface area contributed by atoms with E-state index >= 15 is 0 Å². The number of methoxy groups -OCH3 is 2. The maximum atomic E-state index is 11.3. The van der Waals surface area contributed by atoms with Crippen molar-refractivity contribution in [3.05, 3.63) is 77.9 Å². The molecular formula is C24H24O4S. The molecule has 0 heterocycles. The van der Waals surface area contributed by atoms with E-state index in [9.17, 15) is 4.79 Å². The SMILES string of the molecule is COC(=O)COc1cc(OC)c(SCc2ccc(-c3ccccc3)cc2)cc1C. The average Bonchev–Trinajstić information content (AvgIpc) is 2.77. The molecule has 0 radical (unpaired) electrons. The van der Waals surface area contributed by atoms with Crippen LogP contribution in [0.4, 0.5) is 0 Å². The number of esters is 1. The van der Waals surface area contributed by atoms with Gasteiger partial charge in [-0.15, -0.1) is 11.8 Å². The summed E-state index contributed by atoms with van der Waals surface area (Å²) < 4.78 is 15.7. The quantitative estimate of drug-likeness (QED) is 0.363. The fourth-order valence-corrected chi connectivity index (χ4v) is 3.91. The van der Waals surface area contributed by atoms with Crippen LogP contribution in [0.3, 0.4) is 0 Å². The van der Waals surface area contributed by atoms with Crippen LogP contribution in [0, 0.1) is 6.92 Å². The van der Waals surface area contributed by atoms with Crippen LogP contribution < -0.4 is 9.47 Å². The molecule has 0 aliphatic carbocycles. The summed E-state index contributed by atoms with van der Waals surface area (Å²) >= 11 is 1.71. The molecule has 3 rings (SSSR count). The molecule has 0 aliphatic rings. The van der Waals surface area contributed by atoms with Crippen molar-refractivity contribution in [1.29, 1.82) is 0 Å². The van der Waals surface area contributed by atoms with Crippen molar-refractivity contribution < 1.29 is 19.0 Å². The molecule has 0 unspecified atom stereocenters. The number of rotatable bonds is 8. The second-order valence-corrected chi connectivity index (χ2v) is 7.50. The van der Waals surface area contributed by atoms with Gasteiger partial charge in [0.2, 0.25) is 0 Å². The number of ether oxygens (including phenoxy) is 3. The fraction of sp³-hybridized carbons (Fsp3) is 0.208. The molecule has 0 aromatic heterocycles. The number of hydrogen-bond acceptors (Lipinski definition) is 5. The van der Waals surface area contributed by atoms with E-state index in [0.29, 0.717) is 5.75 Å². The van der Waals surface area contributed by atoms with Crippen LogP contribution in [0.1, 0.15) is 11.1 Å². The van der Waals surface area contributed by atoms with Crippen LogP contribution in [0.2, 0.25) is 0 Å². The van der Waals surface area contributed by atoms with Crippen molar-refractivity contribution >= 4 is 17.7 Å². The molecule has 0 N–H and O–H groups in total. The van der Waals surface area contributed by atoms with E-state index in [1.54, 1.807) is 18.9 Å². The van der Waals surface area contributed by atoms with Gasteiger partial charge in [0.1, 0.15) is 11.5 Å². The molecule has 5 heteroatoms. The first kappa shape index (κ1) is 20.8. The first-order valence-electron chi connectivity index (χ1n) is 9.26. The molecule has 3 aromatic carbocycles. The Labute approximate surface area is 175 Å². The second-order valence-electron chi connectivity index (χ2n) is 6.48. The molecule has 0 amide bonds. The molecule has 0 bridgehead atoms. The van der Waals surface area contributed by atoms with Crippen LogP contribution >= 0.6 is 11.8 Å². The molecule has 0 atom stereocenters. The van der Waals surface area contributed by atoms with Crippen molar-refractivity contribution in [2.75, 3.05) is 20.8 Å². The topological polar surface area (TPSA) is 44.8 Å². The minimum Gasteiger partial charge on any atom is -0.495 e. The van der Waals surface area contributed by atoms with Gasteiger partial charge in [0.25, 0.3) is 0 Å². The van der Waals surface area contributed by atoms with Gasteiger partial charge in [-0.2, -0.15) is 0 Å². The molecule has 29 heavy (non-hydrogen) atoms. The van der Waals surface area contributed by atoms with Crippen molar-refractivity contribution in [2.45, 2.75) is 17.6 Å². The highest BCUT2D eigenvalue weighted by molar-refractivity contribution is 7.98. The van der Waals surface area contributed by atoms with Crippen molar-refractivity contribution in [2.24, 2.45) is 0 Å². The Morgan fingerprint density at radius 1 is 0.897 bits per heavy atom. The maximum absolute atomic E-state index is 11.3. The highest BCUT2D eigenvalue weighted by Crippen LogP contribution is 2.37. The fourth-order valence-electron chi connectivity index (χ4n) is 2.85. The third kappa shape index (κ3) is 5.55. The van der Waals surface area contributed by atoms with Gasteiger partial charge < -0.3 is 14.2 Å². The Morgan fingerprint density at radius 3 is 2.24 bits per heavy atom. The number of benzene rings is 3. The third-order valence-corrected chi connectivity index (χ3v) is 5.60. The first-order valence-corrected chi connectivity index (χ1v) is 10.2. The normalized spacial score (nSPS) is 10.4. The third-order valence-electron chi connectivity index (χ3n) is 4.49. The lowest BCUT2D eigenvalue weighted by atomic mass is 10.0. The minimum absolute atomic E-state index is 0.124. The lowest BCUT2D eigenvalue weighted by Gasteiger charge is -2.14. The van der Waals surface area contributed by atoms with Gasteiger partial charge in [0, 0.05) is 11.8 Å². The Morgan fingerprint density at radius 2 is 1.59 bits per heavy atom. The smallest absolute Gasteiger partial charge is 0.343 e. The highest BCUT2D eigenvalue weighted by atomic mass is 32.2. The van der Waals surface area contributed by atoms with Gasteiger partial charge in [-0.1, -0.05) is 54.6 Å². The Hall–Kier alpha value is -2.92. The summed E-state index contributed by atoms with van der Waals surface area (Å²) in [5, 5.41) is 0.